The summed E-state index contributed by atoms with van der Waals surface area (Å²) in [5, 5.41) is 0. The number of nitrogens with zero attached hydrogens (tertiary/aromatic N) is 1. The predicted octanol–water partition coefficient (Wildman–Crippen LogP) is 10.0. The maximum Gasteiger partial charge on any atom is 0.0148 e. The van der Waals surface area contributed by atoms with Gasteiger partial charge in [0.25, 0.3) is 0 Å². The molecule has 1 fully saturated rings. The van der Waals surface area contributed by atoms with E-state index >= 15 is 0 Å². The predicted molar refractivity (Wildman–Crippen MR) is 148 cm³/mol. The van der Waals surface area contributed by atoms with Crippen LogP contribution in [0.1, 0.15) is 105 Å². The number of aryl methyl sites for hydroxylation is 1. The van der Waals surface area contributed by atoms with E-state index in [0.29, 0.717) is 5.92 Å². The topological polar surface area (TPSA) is 3.24 Å². The molecule has 0 unspecified atom stereocenters. The number of hydrogen-bond acceptors (Lipinski definition) is 2. The molecular formula is C29H53NS. The highest BCUT2D eigenvalue weighted by molar-refractivity contribution is 8.03. The smallest absolute Gasteiger partial charge is 0.0148 e. The van der Waals surface area contributed by atoms with Crippen molar-refractivity contribution in [1.29, 1.82) is 0 Å². The van der Waals surface area contributed by atoms with E-state index in [1.54, 1.807) is 0 Å². The van der Waals surface area contributed by atoms with Crippen molar-refractivity contribution in [2.75, 3.05) is 20.1 Å². The molecule has 0 spiro atoms. The van der Waals surface area contributed by atoms with Crippen LogP contribution >= 0.6 is 11.8 Å². The lowest BCUT2D eigenvalue weighted by Gasteiger charge is -2.30. The van der Waals surface area contributed by atoms with Crippen LogP contribution in [0.15, 0.2) is 40.7 Å². The van der Waals surface area contributed by atoms with Crippen molar-refractivity contribution in [2.24, 2.45) is 5.92 Å². The van der Waals surface area contributed by atoms with Crippen LogP contribution in [-0.4, -0.2) is 25.0 Å². The van der Waals surface area contributed by atoms with E-state index in [4.69, 9.17) is 0 Å². The maximum absolute atomic E-state index is 4.38. The minimum atomic E-state index is 0.668. The largest absolute Gasteiger partial charge is 0.306 e. The lowest BCUT2D eigenvalue weighted by atomic mass is 9.97. The van der Waals surface area contributed by atoms with E-state index in [9.17, 15) is 0 Å². The molecule has 0 atom stereocenters. The van der Waals surface area contributed by atoms with Gasteiger partial charge >= 0.3 is 0 Å². The summed E-state index contributed by atoms with van der Waals surface area (Å²) in [5.74, 6) is 0.668. The van der Waals surface area contributed by atoms with Gasteiger partial charge in [0.1, 0.15) is 0 Å². The Hall–Kier alpha value is -0.990. The van der Waals surface area contributed by atoms with Crippen molar-refractivity contribution >= 4 is 17.3 Å². The molecule has 0 bridgehead atoms. The Balaban J connectivity index is 0. The van der Waals surface area contributed by atoms with Gasteiger partial charge in [0.2, 0.25) is 0 Å². The highest BCUT2D eigenvalue weighted by Gasteiger charge is 2.20. The molecular weight excluding hydrogens is 394 g/mol. The SMILES string of the molecule is C=C(Sc1ccc(/C(C)=C/CCCC)cc1C)C1CCN(C)CC1.CC.CC.CCC. The highest BCUT2D eigenvalue weighted by atomic mass is 32.2. The first-order valence-corrected chi connectivity index (χ1v) is 13.6. The lowest BCUT2D eigenvalue weighted by Crippen LogP contribution is -2.30. The highest BCUT2D eigenvalue weighted by Crippen LogP contribution is 2.37. The van der Waals surface area contributed by atoms with Gasteiger partial charge in [-0.25, -0.2) is 0 Å². The third-order valence-electron chi connectivity index (χ3n) is 5.05. The molecule has 31 heavy (non-hydrogen) atoms. The third-order valence-corrected chi connectivity index (χ3v) is 6.33. The minimum Gasteiger partial charge on any atom is -0.306 e. The third kappa shape index (κ3) is 13.9. The van der Waals surface area contributed by atoms with Gasteiger partial charge in [-0.15, -0.1) is 0 Å². The van der Waals surface area contributed by atoms with Crippen LogP contribution in [0.25, 0.3) is 5.57 Å². The molecule has 0 N–H and O–H groups in total. The average molecular weight is 448 g/mol. The molecule has 1 aliphatic rings. The summed E-state index contributed by atoms with van der Waals surface area (Å²) in [5.41, 5.74) is 4.13. The zero-order chi connectivity index (χ0) is 24.2. The van der Waals surface area contributed by atoms with Crippen molar-refractivity contribution < 1.29 is 0 Å². The van der Waals surface area contributed by atoms with E-state index in [1.165, 1.54) is 78.1 Å². The molecule has 0 aromatic heterocycles. The average Bonchev–Trinajstić information content (AvgIpc) is 2.79. The summed E-state index contributed by atoms with van der Waals surface area (Å²) in [6.45, 7) is 25.7. The van der Waals surface area contributed by atoms with Gasteiger partial charge in [-0.05, 0) is 86.8 Å². The van der Waals surface area contributed by atoms with Crippen molar-refractivity contribution in [3.63, 3.8) is 0 Å². The maximum atomic E-state index is 4.38. The van der Waals surface area contributed by atoms with E-state index in [0.717, 1.165) is 0 Å². The monoisotopic (exact) mass is 447 g/mol. The number of allylic oxidation sites excluding steroid dienone is 3. The van der Waals surface area contributed by atoms with Crippen LogP contribution in [0, 0.1) is 12.8 Å². The molecule has 0 amide bonds. The second kappa shape index (κ2) is 20.9. The minimum absolute atomic E-state index is 0.668. The van der Waals surface area contributed by atoms with E-state index in [2.05, 4.69) is 77.4 Å². The van der Waals surface area contributed by atoms with Gasteiger partial charge < -0.3 is 4.90 Å². The van der Waals surface area contributed by atoms with Crippen LogP contribution < -0.4 is 0 Å². The molecule has 1 aliphatic heterocycles. The van der Waals surface area contributed by atoms with E-state index in [1.807, 2.05) is 39.5 Å². The zero-order valence-electron chi connectivity index (χ0n) is 22.6. The number of rotatable bonds is 7. The lowest BCUT2D eigenvalue weighted by molar-refractivity contribution is 0.242. The number of likely N-dealkylation sites (tertiary alicyclic amines) is 1. The Morgan fingerprint density at radius 1 is 1.10 bits per heavy atom. The van der Waals surface area contributed by atoms with Crippen molar-refractivity contribution in [3.8, 4) is 0 Å². The quantitative estimate of drug-likeness (QED) is 0.302. The second-order valence-corrected chi connectivity index (χ2v) is 9.03. The molecule has 0 saturated carbocycles. The molecule has 0 aliphatic carbocycles. The molecule has 1 aromatic rings. The number of piperidine rings is 1. The van der Waals surface area contributed by atoms with Gasteiger partial charge in [-0.1, -0.05) is 104 Å². The first-order valence-electron chi connectivity index (χ1n) is 12.8. The molecule has 2 rings (SSSR count). The molecule has 1 heterocycles. The number of unbranched alkanes of at least 4 members (excludes halogenated alkanes) is 2. The van der Waals surface area contributed by atoms with Crippen LogP contribution in [0.3, 0.4) is 0 Å². The number of benzene rings is 1. The van der Waals surface area contributed by atoms with Crippen molar-refractivity contribution in [3.05, 3.63) is 46.9 Å². The Morgan fingerprint density at radius 3 is 2.13 bits per heavy atom. The second-order valence-electron chi connectivity index (χ2n) is 7.86. The molecule has 1 aromatic carbocycles. The summed E-state index contributed by atoms with van der Waals surface area (Å²) < 4.78 is 0. The fourth-order valence-corrected chi connectivity index (χ4v) is 4.25. The van der Waals surface area contributed by atoms with Crippen molar-refractivity contribution in [2.45, 2.75) is 106 Å². The summed E-state index contributed by atoms with van der Waals surface area (Å²) >= 11 is 1.89. The normalized spacial score (nSPS) is 14.3. The Morgan fingerprint density at radius 2 is 1.65 bits per heavy atom. The van der Waals surface area contributed by atoms with Gasteiger partial charge in [0, 0.05) is 4.90 Å². The van der Waals surface area contributed by atoms with Crippen LogP contribution in [0.2, 0.25) is 0 Å². The summed E-state index contributed by atoms with van der Waals surface area (Å²) in [4.78, 5) is 5.13. The van der Waals surface area contributed by atoms with Crippen LogP contribution in [0.5, 0.6) is 0 Å². The van der Waals surface area contributed by atoms with Gasteiger partial charge in [0.15, 0.2) is 0 Å². The molecule has 2 heteroatoms. The standard InChI is InChI=1S/C22H33NS.C3H8.2C2H6/c1-6-7-8-9-17(2)21-10-11-22(18(3)16-21)24-19(4)20-12-14-23(5)15-13-20;1-3-2;2*1-2/h9-11,16,20H,4,6-8,12-15H2,1-3,5H3;3H2,1-2H3;2*1-2H3/b17-9+;;;. The number of thioether (sulfide) groups is 1. The summed E-state index contributed by atoms with van der Waals surface area (Å²) in [6, 6.07) is 6.89. The summed E-state index contributed by atoms with van der Waals surface area (Å²) in [7, 11) is 2.21. The van der Waals surface area contributed by atoms with E-state index < -0.39 is 0 Å². The van der Waals surface area contributed by atoms with Gasteiger partial charge in [-0.3, -0.25) is 0 Å². The van der Waals surface area contributed by atoms with Crippen LogP contribution in [0.4, 0.5) is 0 Å². The Bertz CT molecular complexity index is 595. The fourth-order valence-electron chi connectivity index (χ4n) is 3.20. The Kier molecular flexibility index (Phi) is 21.7. The first kappa shape index (κ1) is 32.2. The van der Waals surface area contributed by atoms with Gasteiger partial charge in [0.05, 0.1) is 0 Å². The molecule has 1 saturated heterocycles. The van der Waals surface area contributed by atoms with E-state index in [-0.39, 0.29) is 0 Å². The number of hydrogen-bond donors (Lipinski definition) is 0. The summed E-state index contributed by atoms with van der Waals surface area (Å²) in [6.07, 6.45) is 9.85. The first-order chi connectivity index (χ1) is 14.9. The fraction of sp³-hybridized carbons (Fsp3) is 0.655. The zero-order valence-corrected chi connectivity index (χ0v) is 23.4. The molecule has 1 nitrogen and oxygen atoms in total. The molecule has 0 radical (unpaired) electrons. The van der Waals surface area contributed by atoms with Crippen LogP contribution in [-0.2, 0) is 0 Å². The Labute approximate surface area is 200 Å². The van der Waals surface area contributed by atoms with Gasteiger partial charge in [-0.2, -0.15) is 0 Å². The van der Waals surface area contributed by atoms with Crippen molar-refractivity contribution in [1.82, 2.24) is 4.90 Å². The molecule has 180 valence electrons.